The van der Waals surface area contributed by atoms with Gasteiger partial charge in [-0.1, -0.05) is 54.1 Å². The van der Waals surface area contributed by atoms with Crippen LogP contribution >= 0.6 is 0 Å². The van der Waals surface area contributed by atoms with Crippen LogP contribution in [0.4, 0.5) is 0 Å². The van der Waals surface area contributed by atoms with Gasteiger partial charge in [0.05, 0.1) is 0 Å². The smallest absolute Gasteiger partial charge is 0.208 e. The molecule has 2 rings (SSSR count). The van der Waals surface area contributed by atoms with Gasteiger partial charge in [0.25, 0.3) is 0 Å². The molecule has 0 aliphatic rings. The van der Waals surface area contributed by atoms with Gasteiger partial charge < -0.3 is 0 Å². The van der Waals surface area contributed by atoms with Crippen molar-refractivity contribution >= 4 is 16.1 Å². The number of nitrogens with zero attached hydrogens (tertiary/aromatic N) is 1. The summed E-state index contributed by atoms with van der Waals surface area (Å²) in [6.07, 6.45) is 1.62. The molecule has 0 aromatic heterocycles. The van der Waals surface area contributed by atoms with Crippen molar-refractivity contribution < 1.29 is 8.42 Å². The Balaban J connectivity index is 2.13. The van der Waals surface area contributed by atoms with Gasteiger partial charge in [0.2, 0.25) is 10.0 Å². The number of benzene rings is 2. The molecule has 0 radical (unpaired) electrons. The van der Waals surface area contributed by atoms with E-state index in [1.165, 1.54) is 15.3 Å². The van der Waals surface area contributed by atoms with Gasteiger partial charge in [-0.25, -0.2) is 8.42 Å². The van der Waals surface area contributed by atoms with Crippen LogP contribution in [0.3, 0.4) is 0 Å². The molecular formula is C18H21NO2S. The minimum atomic E-state index is -3.43. The van der Waals surface area contributed by atoms with E-state index in [2.05, 4.69) is 6.07 Å². The standard InChI is InChI=1S/C18H21NO2S/c1-15-9-10-18(16(2)13-15)14-19(3)22(20,21)12-11-17-7-5-4-6-8-17/h4-13H,14H2,1-3H3. The Bertz CT molecular complexity index is 765. The van der Waals surface area contributed by atoms with Crippen molar-refractivity contribution in [3.63, 3.8) is 0 Å². The lowest BCUT2D eigenvalue weighted by Gasteiger charge is -2.16. The fraction of sp³-hybridized carbons (Fsp3) is 0.222. The highest BCUT2D eigenvalue weighted by molar-refractivity contribution is 7.92. The van der Waals surface area contributed by atoms with Crippen LogP contribution in [0.15, 0.2) is 53.9 Å². The van der Waals surface area contributed by atoms with Crippen LogP contribution in [-0.4, -0.2) is 19.8 Å². The first-order chi connectivity index (χ1) is 10.4. The third-order valence-corrected chi connectivity index (χ3v) is 5.04. The Kier molecular flexibility index (Phi) is 5.16. The zero-order valence-electron chi connectivity index (χ0n) is 13.2. The zero-order chi connectivity index (χ0) is 16.2. The molecule has 0 amide bonds. The van der Waals surface area contributed by atoms with E-state index in [9.17, 15) is 8.42 Å². The van der Waals surface area contributed by atoms with Crippen molar-refractivity contribution in [3.8, 4) is 0 Å². The van der Waals surface area contributed by atoms with Crippen molar-refractivity contribution in [3.05, 3.63) is 76.2 Å². The summed E-state index contributed by atoms with van der Waals surface area (Å²) in [6.45, 7) is 4.40. The molecule has 0 bridgehead atoms. The summed E-state index contributed by atoms with van der Waals surface area (Å²) in [5.74, 6) is 0. The highest BCUT2D eigenvalue weighted by Gasteiger charge is 2.15. The lowest BCUT2D eigenvalue weighted by Crippen LogP contribution is -2.24. The summed E-state index contributed by atoms with van der Waals surface area (Å²) in [5.41, 5.74) is 4.17. The second-order valence-corrected chi connectivity index (χ2v) is 7.37. The van der Waals surface area contributed by atoms with Gasteiger partial charge in [-0.15, -0.1) is 0 Å². The molecule has 0 unspecified atom stereocenters. The van der Waals surface area contributed by atoms with Gasteiger partial charge in [-0.3, -0.25) is 0 Å². The minimum Gasteiger partial charge on any atom is -0.208 e. The van der Waals surface area contributed by atoms with Crippen molar-refractivity contribution in [1.29, 1.82) is 0 Å². The van der Waals surface area contributed by atoms with Crippen LogP contribution in [0.1, 0.15) is 22.3 Å². The second kappa shape index (κ2) is 6.90. The number of rotatable bonds is 5. The lowest BCUT2D eigenvalue weighted by atomic mass is 10.1. The third-order valence-electron chi connectivity index (χ3n) is 3.56. The van der Waals surface area contributed by atoms with Crippen LogP contribution in [0, 0.1) is 13.8 Å². The van der Waals surface area contributed by atoms with Gasteiger partial charge >= 0.3 is 0 Å². The fourth-order valence-electron chi connectivity index (χ4n) is 2.19. The molecule has 3 nitrogen and oxygen atoms in total. The maximum Gasteiger partial charge on any atom is 0.236 e. The molecule has 0 spiro atoms. The normalized spacial score (nSPS) is 12.2. The third kappa shape index (κ3) is 4.29. The largest absolute Gasteiger partial charge is 0.236 e. The minimum absolute atomic E-state index is 0.369. The molecule has 116 valence electrons. The number of aryl methyl sites for hydroxylation is 2. The summed E-state index contributed by atoms with van der Waals surface area (Å²) in [6, 6.07) is 15.5. The second-order valence-electron chi connectivity index (χ2n) is 5.44. The monoisotopic (exact) mass is 315 g/mol. The molecular weight excluding hydrogens is 294 g/mol. The molecule has 0 saturated carbocycles. The first kappa shape index (κ1) is 16.5. The molecule has 2 aromatic rings. The Hall–Kier alpha value is -1.91. The molecule has 0 fully saturated rings. The Morgan fingerprint density at radius 3 is 2.36 bits per heavy atom. The lowest BCUT2D eigenvalue weighted by molar-refractivity contribution is 0.474. The van der Waals surface area contributed by atoms with Gasteiger partial charge in [-0.2, -0.15) is 4.31 Å². The highest BCUT2D eigenvalue weighted by atomic mass is 32.2. The number of hydrogen-bond donors (Lipinski definition) is 0. The summed E-state index contributed by atoms with van der Waals surface area (Å²) in [5, 5.41) is 1.26. The molecule has 0 aliphatic carbocycles. The van der Waals surface area contributed by atoms with E-state index in [0.717, 1.165) is 16.7 Å². The van der Waals surface area contributed by atoms with E-state index in [4.69, 9.17) is 0 Å². The average Bonchev–Trinajstić information content (AvgIpc) is 2.49. The summed E-state index contributed by atoms with van der Waals surface area (Å²) in [4.78, 5) is 0. The SMILES string of the molecule is Cc1ccc(CN(C)S(=O)(=O)C=Cc2ccccc2)c(C)c1. The fourth-order valence-corrected chi connectivity index (χ4v) is 3.04. The molecule has 0 N–H and O–H groups in total. The van der Waals surface area contributed by atoms with E-state index in [0.29, 0.717) is 6.54 Å². The quantitative estimate of drug-likeness (QED) is 0.843. The molecule has 4 heteroatoms. The van der Waals surface area contributed by atoms with Crippen molar-refractivity contribution in [2.45, 2.75) is 20.4 Å². The zero-order valence-corrected chi connectivity index (χ0v) is 14.0. The molecule has 2 aromatic carbocycles. The molecule has 0 heterocycles. The van der Waals surface area contributed by atoms with Gasteiger partial charge in [0.1, 0.15) is 0 Å². The first-order valence-electron chi connectivity index (χ1n) is 7.14. The van der Waals surface area contributed by atoms with Crippen LogP contribution in [0.5, 0.6) is 0 Å². The predicted octanol–water partition coefficient (Wildman–Crippen LogP) is 3.74. The summed E-state index contributed by atoms with van der Waals surface area (Å²) >= 11 is 0. The number of sulfonamides is 1. The first-order valence-corrected chi connectivity index (χ1v) is 8.64. The molecule has 0 aliphatic heterocycles. The van der Waals surface area contributed by atoms with Crippen molar-refractivity contribution in [2.24, 2.45) is 0 Å². The maximum absolute atomic E-state index is 12.3. The van der Waals surface area contributed by atoms with E-state index in [1.54, 1.807) is 13.1 Å². The van der Waals surface area contributed by atoms with E-state index in [-0.39, 0.29) is 0 Å². The average molecular weight is 315 g/mol. The molecule has 0 atom stereocenters. The van der Waals surface area contributed by atoms with Crippen molar-refractivity contribution in [1.82, 2.24) is 4.31 Å². The van der Waals surface area contributed by atoms with Crippen LogP contribution in [0.25, 0.3) is 6.08 Å². The van der Waals surface area contributed by atoms with E-state index in [1.807, 2.05) is 56.3 Å². The van der Waals surface area contributed by atoms with Crippen molar-refractivity contribution in [2.75, 3.05) is 7.05 Å². The molecule has 22 heavy (non-hydrogen) atoms. The Morgan fingerprint density at radius 1 is 1.05 bits per heavy atom. The van der Waals surface area contributed by atoms with Gasteiger partial charge in [0, 0.05) is 19.0 Å². The predicted molar refractivity (Wildman–Crippen MR) is 91.8 cm³/mol. The van der Waals surface area contributed by atoms with E-state index < -0.39 is 10.0 Å². The van der Waals surface area contributed by atoms with Crippen LogP contribution in [0.2, 0.25) is 0 Å². The highest BCUT2D eigenvalue weighted by Crippen LogP contribution is 2.15. The topological polar surface area (TPSA) is 37.4 Å². The van der Waals surface area contributed by atoms with Crippen LogP contribution < -0.4 is 0 Å². The summed E-state index contributed by atoms with van der Waals surface area (Å²) in [7, 11) is -1.83. The van der Waals surface area contributed by atoms with E-state index >= 15 is 0 Å². The van der Waals surface area contributed by atoms with Gasteiger partial charge in [0.15, 0.2) is 0 Å². The molecule has 0 saturated heterocycles. The Labute approximate surface area is 133 Å². The van der Waals surface area contributed by atoms with Crippen LogP contribution in [-0.2, 0) is 16.6 Å². The Morgan fingerprint density at radius 2 is 1.73 bits per heavy atom. The van der Waals surface area contributed by atoms with Gasteiger partial charge in [-0.05, 0) is 36.6 Å². The maximum atomic E-state index is 12.3. The number of hydrogen-bond acceptors (Lipinski definition) is 2. The summed E-state index contributed by atoms with van der Waals surface area (Å²) < 4.78 is 26.0.